The molecule has 2 heterocycles. The Kier molecular flexibility index (Phi) is 4.08. The molecule has 136 valence electrons. The number of nitrogens with two attached hydrogens (primary N) is 1. The number of rotatable bonds is 4. The third-order valence-corrected chi connectivity index (χ3v) is 4.43. The summed E-state index contributed by atoms with van der Waals surface area (Å²) in [5.74, 6) is 0.389. The maximum atomic E-state index is 12.8. The smallest absolute Gasteiger partial charge is 0.244 e. The number of hydrogen-bond donors (Lipinski definition) is 2. The van der Waals surface area contributed by atoms with Crippen LogP contribution in [0.25, 0.3) is 22.6 Å². The second kappa shape index (κ2) is 6.56. The SMILES string of the molecule is Cc1cccc(C)c1NC(=O)Cn1c(-c2nonc2N)nc2ccccc21. The zero-order valence-electron chi connectivity index (χ0n) is 14.9. The number of nitrogens with one attached hydrogen (secondary N) is 1. The fourth-order valence-corrected chi connectivity index (χ4v) is 3.10. The first kappa shape index (κ1) is 16.8. The number of imidazole rings is 1. The lowest BCUT2D eigenvalue weighted by Gasteiger charge is -2.13. The molecule has 4 rings (SSSR count). The summed E-state index contributed by atoms with van der Waals surface area (Å²) in [6.45, 7) is 3.97. The molecule has 1 amide bonds. The molecular weight excluding hydrogens is 344 g/mol. The molecule has 0 saturated carbocycles. The summed E-state index contributed by atoms with van der Waals surface area (Å²) in [5, 5.41) is 10.4. The Labute approximate surface area is 155 Å². The van der Waals surface area contributed by atoms with Crippen molar-refractivity contribution in [3.05, 3.63) is 53.6 Å². The van der Waals surface area contributed by atoms with Crippen LogP contribution in [0.15, 0.2) is 47.1 Å². The van der Waals surface area contributed by atoms with Gasteiger partial charge >= 0.3 is 0 Å². The van der Waals surface area contributed by atoms with E-state index in [0.29, 0.717) is 11.5 Å². The van der Waals surface area contributed by atoms with Crippen LogP contribution in [0.3, 0.4) is 0 Å². The fourth-order valence-electron chi connectivity index (χ4n) is 3.10. The topological polar surface area (TPSA) is 112 Å². The number of aryl methyl sites for hydroxylation is 2. The third-order valence-electron chi connectivity index (χ3n) is 4.43. The number of anilines is 2. The summed E-state index contributed by atoms with van der Waals surface area (Å²) in [5.41, 5.74) is 10.5. The molecule has 27 heavy (non-hydrogen) atoms. The van der Waals surface area contributed by atoms with Gasteiger partial charge in [-0.15, -0.1) is 0 Å². The highest BCUT2D eigenvalue weighted by molar-refractivity contribution is 5.94. The summed E-state index contributed by atoms with van der Waals surface area (Å²) >= 11 is 0. The summed E-state index contributed by atoms with van der Waals surface area (Å²) in [6, 6.07) is 13.4. The molecule has 0 saturated heterocycles. The number of carbonyl (C=O) groups is 1. The number of hydrogen-bond acceptors (Lipinski definition) is 6. The minimum Gasteiger partial charge on any atom is -0.379 e. The summed E-state index contributed by atoms with van der Waals surface area (Å²) in [6.07, 6.45) is 0. The molecule has 8 heteroatoms. The molecule has 0 fully saturated rings. The van der Waals surface area contributed by atoms with Crippen LogP contribution in [0.2, 0.25) is 0 Å². The Bertz CT molecular complexity index is 1120. The van der Waals surface area contributed by atoms with Gasteiger partial charge in [-0.1, -0.05) is 30.3 Å². The van der Waals surface area contributed by atoms with Gasteiger partial charge in [-0.25, -0.2) is 9.61 Å². The van der Waals surface area contributed by atoms with Crippen molar-refractivity contribution in [2.24, 2.45) is 0 Å². The summed E-state index contributed by atoms with van der Waals surface area (Å²) in [7, 11) is 0. The van der Waals surface area contributed by atoms with Crippen molar-refractivity contribution in [3.8, 4) is 11.5 Å². The number of para-hydroxylation sites is 3. The van der Waals surface area contributed by atoms with Crippen LogP contribution < -0.4 is 11.1 Å². The van der Waals surface area contributed by atoms with Crippen molar-refractivity contribution < 1.29 is 9.42 Å². The van der Waals surface area contributed by atoms with Crippen molar-refractivity contribution in [2.75, 3.05) is 11.1 Å². The van der Waals surface area contributed by atoms with Crippen molar-refractivity contribution in [3.63, 3.8) is 0 Å². The quantitative estimate of drug-likeness (QED) is 0.577. The van der Waals surface area contributed by atoms with Crippen LogP contribution in [0.5, 0.6) is 0 Å². The van der Waals surface area contributed by atoms with Gasteiger partial charge in [0.2, 0.25) is 5.91 Å². The molecule has 0 atom stereocenters. The molecule has 0 bridgehead atoms. The highest BCUT2D eigenvalue weighted by atomic mass is 16.6. The molecule has 2 aromatic heterocycles. The first-order chi connectivity index (χ1) is 13.0. The number of aromatic nitrogens is 4. The number of benzene rings is 2. The van der Waals surface area contributed by atoms with E-state index in [1.54, 1.807) is 4.57 Å². The third kappa shape index (κ3) is 3.01. The molecular formula is C19H18N6O2. The molecule has 0 aliphatic rings. The lowest BCUT2D eigenvalue weighted by atomic mass is 10.1. The predicted octanol–water partition coefficient (Wildman–Crippen LogP) is 2.92. The molecule has 2 aromatic carbocycles. The normalized spacial score (nSPS) is 11.0. The van der Waals surface area contributed by atoms with Gasteiger partial charge in [-0.3, -0.25) is 4.79 Å². The number of carbonyl (C=O) groups excluding carboxylic acids is 1. The van der Waals surface area contributed by atoms with E-state index >= 15 is 0 Å². The molecule has 3 N–H and O–H groups in total. The van der Waals surface area contributed by atoms with E-state index in [9.17, 15) is 4.79 Å². The summed E-state index contributed by atoms with van der Waals surface area (Å²) < 4.78 is 6.46. The Morgan fingerprint density at radius 3 is 2.56 bits per heavy atom. The highest BCUT2D eigenvalue weighted by Crippen LogP contribution is 2.27. The summed E-state index contributed by atoms with van der Waals surface area (Å²) in [4.78, 5) is 17.3. The molecule has 8 nitrogen and oxygen atoms in total. The first-order valence-electron chi connectivity index (χ1n) is 8.44. The zero-order valence-corrected chi connectivity index (χ0v) is 14.9. The van der Waals surface area contributed by atoms with Gasteiger partial charge in [0, 0.05) is 5.69 Å². The fraction of sp³-hybridized carbons (Fsp3) is 0.158. The largest absolute Gasteiger partial charge is 0.379 e. The van der Waals surface area contributed by atoms with Crippen molar-refractivity contribution in [2.45, 2.75) is 20.4 Å². The van der Waals surface area contributed by atoms with E-state index in [1.807, 2.05) is 56.3 Å². The minimum atomic E-state index is -0.174. The van der Waals surface area contributed by atoms with Crippen LogP contribution in [-0.4, -0.2) is 25.8 Å². The van der Waals surface area contributed by atoms with Gasteiger partial charge in [0.05, 0.1) is 11.0 Å². The van der Waals surface area contributed by atoms with Crippen LogP contribution >= 0.6 is 0 Å². The van der Waals surface area contributed by atoms with E-state index in [4.69, 9.17) is 10.4 Å². The number of fused-ring (bicyclic) bond motifs is 1. The molecule has 4 aromatic rings. The average Bonchev–Trinajstić information content (AvgIpc) is 3.22. The molecule has 0 aliphatic heterocycles. The van der Waals surface area contributed by atoms with E-state index in [1.165, 1.54) is 0 Å². The van der Waals surface area contributed by atoms with Gasteiger partial charge in [-0.05, 0) is 47.4 Å². The number of nitrogens with zero attached hydrogens (tertiary/aromatic N) is 4. The Morgan fingerprint density at radius 2 is 1.85 bits per heavy atom. The van der Waals surface area contributed by atoms with Crippen LogP contribution in [-0.2, 0) is 11.3 Å². The van der Waals surface area contributed by atoms with Gasteiger partial charge in [0.25, 0.3) is 0 Å². The van der Waals surface area contributed by atoms with E-state index in [-0.39, 0.29) is 18.3 Å². The van der Waals surface area contributed by atoms with Crippen molar-refractivity contribution in [1.82, 2.24) is 19.9 Å². The van der Waals surface area contributed by atoms with Gasteiger partial charge in [-0.2, -0.15) is 0 Å². The van der Waals surface area contributed by atoms with Crippen molar-refractivity contribution >= 4 is 28.4 Å². The minimum absolute atomic E-state index is 0.0515. The van der Waals surface area contributed by atoms with Crippen molar-refractivity contribution in [1.29, 1.82) is 0 Å². The van der Waals surface area contributed by atoms with Gasteiger partial charge in [0.15, 0.2) is 17.3 Å². The Morgan fingerprint density at radius 1 is 1.11 bits per heavy atom. The number of amides is 1. The van der Waals surface area contributed by atoms with Crippen LogP contribution in [0.1, 0.15) is 11.1 Å². The second-order valence-electron chi connectivity index (χ2n) is 6.32. The Balaban J connectivity index is 1.73. The standard InChI is InChI=1S/C19H18N6O2/c1-11-6-5-7-12(2)16(11)22-15(26)10-25-14-9-4-3-8-13(14)21-19(25)17-18(20)24-27-23-17/h3-9H,10H2,1-2H3,(H2,20,24)(H,22,26). The monoisotopic (exact) mass is 362 g/mol. The maximum absolute atomic E-state index is 12.8. The Hall–Kier alpha value is -3.68. The second-order valence-corrected chi connectivity index (χ2v) is 6.32. The van der Waals surface area contributed by atoms with Gasteiger partial charge < -0.3 is 15.6 Å². The molecule has 0 radical (unpaired) electrons. The highest BCUT2D eigenvalue weighted by Gasteiger charge is 2.21. The van der Waals surface area contributed by atoms with E-state index in [2.05, 4.69) is 20.6 Å². The lowest BCUT2D eigenvalue weighted by molar-refractivity contribution is -0.116. The number of nitrogen functional groups attached to an aromatic ring is 1. The molecule has 0 unspecified atom stereocenters. The zero-order chi connectivity index (χ0) is 19.0. The van der Waals surface area contributed by atoms with Gasteiger partial charge in [0.1, 0.15) is 6.54 Å². The van der Waals surface area contributed by atoms with Crippen LogP contribution in [0, 0.1) is 13.8 Å². The first-order valence-corrected chi connectivity index (χ1v) is 8.44. The van der Waals surface area contributed by atoms with E-state index < -0.39 is 0 Å². The predicted molar refractivity (Wildman–Crippen MR) is 102 cm³/mol. The van der Waals surface area contributed by atoms with E-state index in [0.717, 1.165) is 27.8 Å². The molecule has 0 spiro atoms. The maximum Gasteiger partial charge on any atom is 0.244 e. The molecule has 0 aliphatic carbocycles. The lowest BCUT2D eigenvalue weighted by Crippen LogP contribution is -2.20. The average molecular weight is 362 g/mol. The van der Waals surface area contributed by atoms with Crippen LogP contribution in [0.4, 0.5) is 11.5 Å².